The molecule has 0 radical (unpaired) electrons. The summed E-state index contributed by atoms with van der Waals surface area (Å²) in [5, 5.41) is 7.30. The molecule has 0 aliphatic carbocycles. The van der Waals surface area contributed by atoms with E-state index in [9.17, 15) is 4.79 Å². The van der Waals surface area contributed by atoms with Crippen LogP contribution in [-0.4, -0.2) is 12.5 Å². The van der Waals surface area contributed by atoms with E-state index >= 15 is 0 Å². The fourth-order valence-electron chi connectivity index (χ4n) is 2.71. The second-order valence-corrected chi connectivity index (χ2v) is 7.65. The van der Waals surface area contributed by atoms with Crippen LogP contribution in [0.15, 0.2) is 60.7 Å². The Hall–Kier alpha value is -2.40. The predicted octanol–water partition coefficient (Wildman–Crippen LogP) is 6.58. The number of ether oxygens (including phenoxy) is 1. The van der Waals surface area contributed by atoms with Crippen molar-refractivity contribution in [2.45, 2.75) is 13.5 Å². The van der Waals surface area contributed by atoms with Gasteiger partial charge in [0, 0.05) is 12.2 Å². The Bertz CT molecular complexity index is 1000. The van der Waals surface area contributed by atoms with Crippen molar-refractivity contribution in [3.8, 4) is 5.75 Å². The Morgan fingerprint density at radius 1 is 0.931 bits per heavy atom. The molecule has 0 fully saturated rings. The van der Waals surface area contributed by atoms with Gasteiger partial charge in [0.05, 0.1) is 20.8 Å². The van der Waals surface area contributed by atoms with Crippen molar-refractivity contribution in [2.75, 3.05) is 17.2 Å². The van der Waals surface area contributed by atoms with E-state index in [0.717, 1.165) is 16.8 Å². The summed E-state index contributed by atoms with van der Waals surface area (Å²) in [5.74, 6) is -0.0265. The third-order valence-corrected chi connectivity index (χ3v) is 4.96. The minimum absolute atomic E-state index is 0.204. The van der Waals surface area contributed by atoms with Gasteiger partial charge in [0.2, 0.25) is 0 Å². The van der Waals surface area contributed by atoms with Crippen LogP contribution in [0.25, 0.3) is 0 Å². The van der Waals surface area contributed by atoms with Gasteiger partial charge in [-0.05, 0) is 54.4 Å². The molecular formula is C22H19Cl3N2O2. The van der Waals surface area contributed by atoms with Crippen molar-refractivity contribution in [1.29, 1.82) is 0 Å². The fourth-order valence-corrected chi connectivity index (χ4v) is 3.56. The maximum atomic E-state index is 12.1. The standard InChI is InChI=1S/C22H19Cl3N2O2/c1-14-5-4-6-16(9-14)27-21(28)13-29-22-18(24)10-15(11-19(22)25)12-26-20-8-3-2-7-17(20)23/h2-11,26H,12-13H2,1H3,(H,27,28). The number of aryl methyl sites for hydroxylation is 1. The van der Waals surface area contributed by atoms with Crippen molar-refractivity contribution < 1.29 is 9.53 Å². The van der Waals surface area contributed by atoms with E-state index < -0.39 is 0 Å². The number of nitrogens with one attached hydrogen (secondary N) is 2. The molecule has 2 N–H and O–H groups in total. The van der Waals surface area contributed by atoms with Crippen LogP contribution < -0.4 is 15.4 Å². The topological polar surface area (TPSA) is 50.4 Å². The molecule has 4 nitrogen and oxygen atoms in total. The Balaban J connectivity index is 1.60. The fraction of sp³-hybridized carbons (Fsp3) is 0.136. The molecular weight excluding hydrogens is 431 g/mol. The zero-order chi connectivity index (χ0) is 20.8. The van der Waals surface area contributed by atoms with Crippen LogP contribution in [0.4, 0.5) is 11.4 Å². The highest BCUT2D eigenvalue weighted by Gasteiger charge is 2.12. The summed E-state index contributed by atoms with van der Waals surface area (Å²) < 4.78 is 5.55. The summed E-state index contributed by atoms with van der Waals surface area (Å²) in [6.07, 6.45) is 0. The van der Waals surface area contributed by atoms with E-state index in [-0.39, 0.29) is 18.3 Å². The Morgan fingerprint density at radius 3 is 2.34 bits per heavy atom. The van der Waals surface area contributed by atoms with Gasteiger partial charge in [-0.15, -0.1) is 0 Å². The largest absolute Gasteiger partial charge is 0.481 e. The van der Waals surface area contributed by atoms with Gasteiger partial charge in [0.15, 0.2) is 12.4 Å². The van der Waals surface area contributed by atoms with E-state index in [4.69, 9.17) is 39.5 Å². The predicted molar refractivity (Wildman–Crippen MR) is 121 cm³/mol. The molecule has 0 heterocycles. The molecule has 0 saturated heterocycles. The number of carbonyl (C=O) groups excluding carboxylic acids is 1. The van der Waals surface area contributed by atoms with Crippen molar-refractivity contribution in [3.05, 3.63) is 86.9 Å². The maximum Gasteiger partial charge on any atom is 0.262 e. The van der Waals surface area contributed by atoms with E-state index in [0.29, 0.717) is 27.3 Å². The Labute approximate surface area is 184 Å². The third kappa shape index (κ3) is 6.04. The number of para-hydroxylation sites is 1. The molecule has 0 aliphatic heterocycles. The first kappa shape index (κ1) is 21.3. The van der Waals surface area contributed by atoms with Crippen LogP contribution in [-0.2, 0) is 11.3 Å². The van der Waals surface area contributed by atoms with Crippen molar-refractivity contribution >= 4 is 52.1 Å². The number of rotatable bonds is 7. The first-order valence-corrected chi connectivity index (χ1v) is 10.0. The average molecular weight is 450 g/mol. The highest BCUT2D eigenvalue weighted by atomic mass is 35.5. The molecule has 3 rings (SSSR count). The number of hydrogen-bond donors (Lipinski definition) is 2. The number of carbonyl (C=O) groups is 1. The second kappa shape index (κ2) is 9.88. The summed E-state index contributed by atoms with van der Waals surface area (Å²) in [6.45, 7) is 2.23. The molecule has 0 bridgehead atoms. The van der Waals surface area contributed by atoms with Gasteiger partial charge in [0.1, 0.15) is 0 Å². The summed E-state index contributed by atoms with van der Waals surface area (Å²) >= 11 is 18.8. The van der Waals surface area contributed by atoms with Crippen LogP contribution in [0, 0.1) is 6.92 Å². The number of benzene rings is 3. The Morgan fingerprint density at radius 2 is 1.66 bits per heavy atom. The second-order valence-electron chi connectivity index (χ2n) is 6.43. The smallest absolute Gasteiger partial charge is 0.262 e. The van der Waals surface area contributed by atoms with Gasteiger partial charge in [-0.1, -0.05) is 59.1 Å². The number of amides is 1. The van der Waals surface area contributed by atoms with Gasteiger partial charge in [0.25, 0.3) is 5.91 Å². The molecule has 0 atom stereocenters. The van der Waals surface area contributed by atoms with Crippen LogP contribution in [0.1, 0.15) is 11.1 Å². The number of anilines is 2. The summed E-state index contributed by atoms with van der Waals surface area (Å²) in [4.78, 5) is 12.1. The molecule has 150 valence electrons. The van der Waals surface area contributed by atoms with E-state index in [1.54, 1.807) is 12.1 Å². The lowest BCUT2D eigenvalue weighted by molar-refractivity contribution is -0.118. The molecule has 0 spiro atoms. The highest BCUT2D eigenvalue weighted by molar-refractivity contribution is 6.37. The van der Waals surface area contributed by atoms with Gasteiger partial charge < -0.3 is 15.4 Å². The van der Waals surface area contributed by atoms with Gasteiger partial charge in [-0.3, -0.25) is 4.79 Å². The molecule has 0 aliphatic rings. The number of hydrogen-bond acceptors (Lipinski definition) is 3. The zero-order valence-corrected chi connectivity index (χ0v) is 17.9. The molecule has 0 aromatic heterocycles. The molecule has 0 unspecified atom stereocenters. The summed E-state index contributed by atoms with van der Waals surface area (Å²) in [5.41, 5.74) is 3.43. The molecule has 7 heteroatoms. The first-order chi connectivity index (χ1) is 13.9. The van der Waals surface area contributed by atoms with Gasteiger partial charge in [-0.25, -0.2) is 0 Å². The monoisotopic (exact) mass is 448 g/mol. The van der Waals surface area contributed by atoms with Crippen LogP contribution in [0.3, 0.4) is 0 Å². The minimum Gasteiger partial charge on any atom is -0.481 e. The van der Waals surface area contributed by atoms with Crippen molar-refractivity contribution in [2.24, 2.45) is 0 Å². The van der Waals surface area contributed by atoms with E-state index in [1.807, 2.05) is 55.5 Å². The molecule has 29 heavy (non-hydrogen) atoms. The molecule has 1 amide bonds. The average Bonchev–Trinajstić information content (AvgIpc) is 2.66. The minimum atomic E-state index is -0.299. The van der Waals surface area contributed by atoms with Gasteiger partial charge in [-0.2, -0.15) is 0 Å². The van der Waals surface area contributed by atoms with E-state index in [2.05, 4.69) is 10.6 Å². The normalized spacial score (nSPS) is 10.5. The maximum absolute atomic E-state index is 12.1. The molecule has 3 aromatic rings. The zero-order valence-electron chi connectivity index (χ0n) is 15.6. The first-order valence-electron chi connectivity index (χ1n) is 8.88. The Kier molecular flexibility index (Phi) is 7.26. The van der Waals surface area contributed by atoms with Gasteiger partial charge >= 0.3 is 0 Å². The van der Waals surface area contributed by atoms with E-state index in [1.165, 1.54) is 0 Å². The lowest BCUT2D eigenvalue weighted by atomic mass is 10.2. The lowest BCUT2D eigenvalue weighted by Crippen LogP contribution is -2.20. The van der Waals surface area contributed by atoms with Crippen molar-refractivity contribution in [1.82, 2.24) is 0 Å². The third-order valence-electron chi connectivity index (χ3n) is 4.06. The summed E-state index contributed by atoms with van der Waals surface area (Å²) in [7, 11) is 0. The molecule has 0 saturated carbocycles. The SMILES string of the molecule is Cc1cccc(NC(=O)COc2c(Cl)cc(CNc3ccccc3Cl)cc2Cl)c1. The highest BCUT2D eigenvalue weighted by Crippen LogP contribution is 2.34. The van der Waals surface area contributed by atoms with Crippen LogP contribution >= 0.6 is 34.8 Å². The molecule has 3 aromatic carbocycles. The van der Waals surface area contributed by atoms with Crippen LogP contribution in [0.5, 0.6) is 5.75 Å². The summed E-state index contributed by atoms with van der Waals surface area (Å²) in [6, 6.07) is 18.4. The van der Waals surface area contributed by atoms with Crippen LogP contribution in [0.2, 0.25) is 15.1 Å². The number of halogens is 3. The van der Waals surface area contributed by atoms with Crippen molar-refractivity contribution in [3.63, 3.8) is 0 Å². The lowest BCUT2D eigenvalue weighted by Gasteiger charge is -2.13. The quantitative estimate of drug-likeness (QED) is 0.428.